The standard InChI is InChI=1S/C24H36FN5O/c1-26-23(28-18-24(10-11-24)20-8-4-5-9-21(20)25)27-12-13-29-14-16-30(17-15-29)22(31)19-6-2-3-7-19/h4-5,8-9,19H,2-3,6-7,10-18H2,1H3,(H2,26,27,28). The zero-order valence-electron chi connectivity index (χ0n) is 18.7. The number of nitrogens with zero attached hydrogens (tertiary/aromatic N) is 3. The number of halogens is 1. The number of piperazine rings is 1. The summed E-state index contributed by atoms with van der Waals surface area (Å²) in [6.07, 6.45) is 6.57. The molecule has 7 heteroatoms. The van der Waals surface area contributed by atoms with E-state index in [0.717, 1.165) is 76.5 Å². The second-order valence-corrected chi connectivity index (χ2v) is 9.26. The molecule has 6 nitrogen and oxygen atoms in total. The minimum atomic E-state index is -0.115. The molecule has 1 heterocycles. The maximum atomic E-state index is 14.2. The third-order valence-corrected chi connectivity index (χ3v) is 7.23. The van der Waals surface area contributed by atoms with Gasteiger partial charge in [-0.05, 0) is 37.3 Å². The van der Waals surface area contributed by atoms with E-state index in [1.807, 2.05) is 12.1 Å². The number of hydrogen-bond acceptors (Lipinski definition) is 3. The number of benzene rings is 1. The maximum Gasteiger partial charge on any atom is 0.225 e. The molecule has 1 saturated heterocycles. The van der Waals surface area contributed by atoms with Crippen molar-refractivity contribution in [3.63, 3.8) is 0 Å². The Balaban J connectivity index is 1.16. The van der Waals surface area contributed by atoms with Crippen LogP contribution in [0, 0.1) is 11.7 Å². The van der Waals surface area contributed by atoms with Crippen molar-refractivity contribution < 1.29 is 9.18 Å². The molecule has 3 fully saturated rings. The first-order valence-corrected chi connectivity index (χ1v) is 11.8. The molecule has 2 saturated carbocycles. The molecule has 0 radical (unpaired) electrons. The van der Waals surface area contributed by atoms with E-state index >= 15 is 0 Å². The number of amides is 1. The van der Waals surface area contributed by atoms with Crippen molar-refractivity contribution >= 4 is 11.9 Å². The summed E-state index contributed by atoms with van der Waals surface area (Å²) in [5, 5.41) is 6.77. The van der Waals surface area contributed by atoms with Crippen molar-refractivity contribution in [1.82, 2.24) is 20.4 Å². The van der Waals surface area contributed by atoms with E-state index in [-0.39, 0.29) is 17.2 Å². The fourth-order valence-corrected chi connectivity index (χ4v) is 5.01. The SMILES string of the molecule is CN=C(NCCN1CCN(C(=O)C2CCCC2)CC1)NCC1(c2ccccc2F)CC1. The van der Waals surface area contributed by atoms with Crippen LogP contribution < -0.4 is 10.6 Å². The van der Waals surface area contributed by atoms with E-state index in [2.05, 4.69) is 25.4 Å². The van der Waals surface area contributed by atoms with Crippen LogP contribution in [0.4, 0.5) is 4.39 Å². The minimum absolute atomic E-state index is 0.106. The van der Waals surface area contributed by atoms with Gasteiger partial charge in [-0.15, -0.1) is 0 Å². The second kappa shape index (κ2) is 9.98. The summed E-state index contributed by atoms with van der Waals surface area (Å²) >= 11 is 0. The van der Waals surface area contributed by atoms with Crippen LogP contribution in [0.25, 0.3) is 0 Å². The average Bonchev–Trinajstić information content (AvgIpc) is 3.38. The first-order chi connectivity index (χ1) is 15.1. The van der Waals surface area contributed by atoms with Crippen LogP contribution in [-0.2, 0) is 10.2 Å². The van der Waals surface area contributed by atoms with E-state index in [1.54, 1.807) is 19.2 Å². The van der Waals surface area contributed by atoms with E-state index in [0.29, 0.717) is 12.5 Å². The van der Waals surface area contributed by atoms with Crippen molar-refractivity contribution in [3.8, 4) is 0 Å². The maximum absolute atomic E-state index is 14.2. The van der Waals surface area contributed by atoms with Crippen molar-refractivity contribution in [3.05, 3.63) is 35.6 Å². The lowest BCUT2D eigenvalue weighted by Gasteiger charge is -2.36. The molecule has 0 unspecified atom stereocenters. The number of guanidine groups is 1. The first kappa shape index (κ1) is 22.1. The average molecular weight is 430 g/mol. The van der Waals surface area contributed by atoms with Gasteiger partial charge in [0.2, 0.25) is 5.91 Å². The lowest BCUT2D eigenvalue weighted by atomic mass is 9.95. The summed E-state index contributed by atoms with van der Waals surface area (Å²) in [4.78, 5) is 21.4. The molecule has 1 aromatic carbocycles. The van der Waals surface area contributed by atoms with Crippen molar-refractivity contribution in [1.29, 1.82) is 0 Å². The molecule has 0 atom stereocenters. The summed E-state index contributed by atoms with van der Waals surface area (Å²) in [6.45, 7) is 5.95. The van der Waals surface area contributed by atoms with Gasteiger partial charge in [0.25, 0.3) is 0 Å². The highest BCUT2D eigenvalue weighted by atomic mass is 19.1. The largest absolute Gasteiger partial charge is 0.356 e. The van der Waals surface area contributed by atoms with Crippen LogP contribution in [0.5, 0.6) is 0 Å². The summed E-state index contributed by atoms with van der Waals surface area (Å²) in [5.41, 5.74) is 0.702. The molecule has 1 aromatic rings. The summed E-state index contributed by atoms with van der Waals surface area (Å²) in [5.74, 6) is 1.30. The van der Waals surface area contributed by atoms with Crippen LogP contribution >= 0.6 is 0 Å². The fourth-order valence-electron chi connectivity index (χ4n) is 5.01. The van der Waals surface area contributed by atoms with Crippen LogP contribution in [0.2, 0.25) is 0 Å². The van der Waals surface area contributed by atoms with Gasteiger partial charge in [0, 0.05) is 64.2 Å². The Morgan fingerprint density at radius 1 is 1.13 bits per heavy atom. The van der Waals surface area contributed by atoms with Gasteiger partial charge in [-0.1, -0.05) is 31.0 Å². The molecule has 1 amide bonds. The van der Waals surface area contributed by atoms with Gasteiger partial charge in [0.1, 0.15) is 5.82 Å². The molecule has 1 aliphatic heterocycles. The Morgan fingerprint density at radius 2 is 1.84 bits per heavy atom. The molecule has 2 aliphatic carbocycles. The van der Waals surface area contributed by atoms with Gasteiger partial charge in [0.15, 0.2) is 5.96 Å². The molecular formula is C24H36FN5O. The predicted molar refractivity (Wildman–Crippen MR) is 122 cm³/mol. The van der Waals surface area contributed by atoms with Crippen molar-refractivity contribution in [2.45, 2.75) is 43.9 Å². The highest BCUT2D eigenvalue weighted by Gasteiger charge is 2.45. The quantitative estimate of drug-likeness (QED) is 0.516. The molecule has 0 bridgehead atoms. The smallest absolute Gasteiger partial charge is 0.225 e. The topological polar surface area (TPSA) is 60.0 Å². The Hall–Kier alpha value is -2.15. The third-order valence-electron chi connectivity index (χ3n) is 7.23. The van der Waals surface area contributed by atoms with Crippen molar-refractivity contribution in [2.24, 2.45) is 10.9 Å². The van der Waals surface area contributed by atoms with E-state index in [1.165, 1.54) is 12.8 Å². The molecular weight excluding hydrogens is 393 g/mol. The number of nitrogens with one attached hydrogen (secondary N) is 2. The third kappa shape index (κ3) is 5.37. The number of carbonyl (C=O) groups is 1. The normalized spacial score (nSPS) is 21.9. The molecule has 0 spiro atoms. The van der Waals surface area contributed by atoms with Gasteiger partial charge < -0.3 is 15.5 Å². The van der Waals surface area contributed by atoms with Crippen LogP contribution in [0.3, 0.4) is 0 Å². The molecule has 31 heavy (non-hydrogen) atoms. The first-order valence-electron chi connectivity index (χ1n) is 11.8. The lowest BCUT2D eigenvalue weighted by molar-refractivity contribution is -0.137. The van der Waals surface area contributed by atoms with Crippen LogP contribution in [-0.4, -0.2) is 74.5 Å². The minimum Gasteiger partial charge on any atom is -0.356 e. The van der Waals surface area contributed by atoms with Gasteiger partial charge in [-0.25, -0.2) is 4.39 Å². The molecule has 2 N–H and O–H groups in total. The van der Waals surface area contributed by atoms with E-state index in [4.69, 9.17) is 0 Å². The summed E-state index contributed by atoms with van der Waals surface area (Å²) in [7, 11) is 1.77. The number of aliphatic imine (C=N–C) groups is 1. The molecule has 170 valence electrons. The highest BCUT2D eigenvalue weighted by molar-refractivity contribution is 5.80. The van der Waals surface area contributed by atoms with Crippen molar-refractivity contribution in [2.75, 3.05) is 52.9 Å². The zero-order chi connectivity index (χ0) is 21.7. The van der Waals surface area contributed by atoms with Gasteiger partial charge >= 0.3 is 0 Å². The van der Waals surface area contributed by atoms with Gasteiger partial charge in [0.05, 0.1) is 0 Å². The fraction of sp³-hybridized carbons (Fsp3) is 0.667. The van der Waals surface area contributed by atoms with Gasteiger partial charge in [-0.2, -0.15) is 0 Å². The van der Waals surface area contributed by atoms with E-state index in [9.17, 15) is 9.18 Å². The summed E-state index contributed by atoms with van der Waals surface area (Å²) < 4.78 is 14.2. The monoisotopic (exact) mass is 429 g/mol. The predicted octanol–water partition coefficient (Wildman–Crippen LogP) is 2.36. The Labute approximate surface area is 185 Å². The Kier molecular flexibility index (Phi) is 7.10. The molecule has 0 aromatic heterocycles. The lowest BCUT2D eigenvalue weighted by Crippen LogP contribution is -2.52. The highest BCUT2D eigenvalue weighted by Crippen LogP contribution is 2.48. The molecule has 4 rings (SSSR count). The van der Waals surface area contributed by atoms with E-state index < -0.39 is 0 Å². The van der Waals surface area contributed by atoms with Crippen LogP contribution in [0.15, 0.2) is 29.3 Å². The zero-order valence-corrected chi connectivity index (χ0v) is 18.7. The summed E-state index contributed by atoms with van der Waals surface area (Å²) in [6, 6.07) is 7.10. The second-order valence-electron chi connectivity index (χ2n) is 9.26. The Bertz CT molecular complexity index is 780. The number of rotatable bonds is 7. The van der Waals surface area contributed by atoms with Crippen LogP contribution in [0.1, 0.15) is 44.1 Å². The molecule has 3 aliphatic rings. The Morgan fingerprint density at radius 3 is 2.48 bits per heavy atom. The number of carbonyl (C=O) groups excluding carboxylic acids is 1. The number of hydrogen-bond donors (Lipinski definition) is 2. The van der Waals surface area contributed by atoms with Gasteiger partial charge in [-0.3, -0.25) is 14.7 Å².